The van der Waals surface area contributed by atoms with Gasteiger partial charge >= 0.3 is 0 Å². The second-order valence-electron chi connectivity index (χ2n) is 5.21. The van der Waals surface area contributed by atoms with E-state index in [2.05, 4.69) is 20.5 Å². The number of hydrogen-bond acceptors (Lipinski definition) is 4. The van der Waals surface area contributed by atoms with Crippen molar-refractivity contribution in [1.29, 1.82) is 0 Å². The first-order valence-electron chi connectivity index (χ1n) is 7.09. The van der Waals surface area contributed by atoms with Gasteiger partial charge in [-0.3, -0.25) is 4.79 Å². The highest BCUT2D eigenvalue weighted by Gasteiger charge is 2.24. The van der Waals surface area contributed by atoms with Crippen molar-refractivity contribution < 1.29 is 4.79 Å². The van der Waals surface area contributed by atoms with Gasteiger partial charge in [0.15, 0.2) is 5.82 Å². The van der Waals surface area contributed by atoms with E-state index in [0.717, 1.165) is 44.0 Å². The van der Waals surface area contributed by atoms with E-state index >= 15 is 0 Å². The molecule has 0 radical (unpaired) electrons. The van der Waals surface area contributed by atoms with E-state index in [1.807, 2.05) is 12.1 Å². The van der Waals surface area contributed by atoms with Crippen LogP contribution in [0.4, 0.5) is 11.5 Å². The van der Waals surface area contributed by atoms with E-state index in [-0.39, 0.29) is 11.9 Å². The maximum absolute atomic E-state index is 12.2. The van der Waals surface area contributed by atoms with Crippen LogP contribution in [0, 0.1) is 0 Å². The molecule has 2 aliphatic rings. The minimum absolute atomic E-state index is 0.0494. The van der Waals surface area contributed by atoms with Crippen LogP contribution in [0.1, 0.15) is 25.7 Å². The number of hydrogen-bond donors (Lipinski definition) is 2. The van der Waals surface area contributed by atoms with Crippen LogP contribution >= 0.6 is 0 Å². The lowest BCUT2D eigenvalue weighted by atomic mass is 10.2. The fraction of sp³-hybridized carbons (Fsp3) is 0.571. The SMILES string of the molecule is O=C(Nc1cccnc1N1CCCC1)[C@@H]1CCCN1. The lowest BCUT2D eigenvalue weighted by Gasteiger charge is -2.20. The zero-order valence-corrected chi connectivity index (χ0v) is 11.1. The van der Waals surface area contributed by atoms with Gasteiger partial charge in [-0.15, -0.1) is 0 Å². The zero-order chi connectivity index (χ0) is 13.1. The molecule has 2 N–H and O–H groups in total. The Kier molecular flexibility index (Phi) is 3.64. The first kappa shape index (κ1) is 12.4. The topological polar surface area (TPSA) is 57.3 Å². The van der Waals surface area contributed by atoms with Gasteiger partial charge in [-0.05, 0) is 44.4 Å². The van der Waals surface area contributed by atoms with E-state index in [9.17, 15) is 4.79 Å². The number of rotatable bonds is 3. The third-order valence-electron chi connectivity index (χ3n) is 3.83. The fourth-order valence-electron chi connectivity index (χ4n) is 2.80. The Bertz CT molecular complexity index is 451. The largest absolute Gasteiger partial charge is 0.355 e. The van der Waals surface area contributed by atoms with Crippen LogP contribution in [-0.2, 0) is 4.79 Å². The molecule has 1 aromatic rings. The van der Waals surface area contributed by atoms with Crippen molar-refractivity contribution >= 4 is 17.4 Å². The molecule has 0 unspecified atom stereocenters. The van der Waals surface area contributed by atoms with Crippen molar-refractivity contribution in [2.24, 2.45) is 0 Å². The van der Waals surface area contributed by atoms with Crippen molar-refractivity contribution in [2.45, 2.75) is 31.7 Å². The number of carbonyl (C=O) groups is 1. The summed E-state index contributed by atoms with van der Waals surface area (Å²) in [4.78, 5) is 18.8. The number of carbonyl (C=O) groups excluding carboxylic acids is 1. The van der Waals surface area contributed by atoms with Crippen LogP contribution in [0.15, 0.2) is 18.3 Å². The average molecular weight is 260 g/mol. The van der Waals surface area contributed by atoms with Gasteiger partial charge in [0.2, 0.25) is 5.91 Å². The minimum Gasteiger partial charge on any atom is -0.355 e. The van der Waals surface area contributed by atoms with Crippen LogP contribution in [0.5, 0.6) is 0 Å². The Labute approximate surface area is 113 Å². The molecule has 19 heavy (non-hydrogen) atoms. The summed E-state index contributed by atoms with van der Waals surface area (Å²) in [7, 11) is 0. The number of amides is 1. The van der Waals surface area contributed by atoms with Gasteiger partial charge in [0.1, 0.15) is 0 Å². The summed E-state index contributed by atoms with van der Waals surface area (Å²) in [5.41, 5.74) is 0.836. The average Bonchev–Trinajstić information content (AvgIpc) is 3.13. The van der Waals surface area contributed by atoms with E-state index in [0.29, 0.717) is 0 Å². The second-order valence-corrected chi connectivity index (χ2v) is 5.21. The highest BCUT2D eigenvalue weighted by atomic mass is 16.2. The van der Waals surface area contributed by atoms with E-state index < -0.39 is 0 Å². The molecule has 1 aromatic heterocycles. The summed E-state index contributed by atoms with van der Waals surface area (Å²) >= 11 is 0. The Morgan fingerprint density at radius 2 is 2.21 bits per heavy atom. The monoisotopic (exact) mass is 260 g/mol. The molecule has 0 saturated carbocycles. The summed E-state index contributed by atoms with van der Waals surface area (Å²) in [5, 5.41) is 6.24. The molecule has 5 heteroatoms. The lowest BCUT2D eigenvalue weighted by Crippen LogP contribution is -2.36. The standard InChI is InChI=1S/C14H20N4O/c19-14(12-6-4-7-15-12)17-11-5-3-8-16-13(11)18-9-1-2-10-18/h3,5,8,12,15H,1-2,4,6-7,9-10H2,(H,17,19)/t12-/m0/s1. The van der Waals surface area contributed by atoms with Gasteiger partial charge in [-0.25, -0.2) is 4.98 Å². The summed E-state index contributed by atoms with van der Waals surface area (Å²) in [6.45, 7) is 2.99. The minimum atomic E-state index is -0.0494. The van der Waals surface area contributed by atoms with Crippen LogP contribution < -0.4 is 15.5 Å². The van der Waals surface area contributed by atoms with Crippen LogP contribution in [0.3, 0.4) is 0 Å². The van der Waals surface area contributed by atoms with Gasteiger partial charge in [-0.1, -0.05) is 0 Å². The highest BCUT2D eigenvalue weighted by Crippen LogP contribution is 2.26. The molecule has 0 bridgehead atoms. The maximum Gasteiger partial charge on any atom is 0.241 e. The quantitative estimate of drug-likeness (QED) is 0.862. The first-order chi connectivity index (χ1) is 9.34. The Hall–Kier alpha value is -1.62. The molecule has 3 rings (SSSR count). The van der Waals surface area contributed by atoms with Crippen molar-refractivity contribution in [3.8, 4) is 0 Å². The summed E-state index contributed by atoms with van der Waals surface area (Å²) in [5.74, 6) is 0.970. The number of nitrogens with one attached hydrogen (secondary N) is 2. The molecule has 0 spiro atoms. The van der Waals surface area contributed by atoms with E-state index in [1.165, 1.54) is 12.8 Å². The maximum atomic E-state index is 12.2. The molecule has 2 fully saturated rings. The zero-order valence-electron chi connectivity index (χ0n) is 11.1. The molecule has 102 valence electrons. The van der Waals surface area contributed by atoms with Gasteiger partial charge in [0.25, 0.3) is 0 Å². The summed E-state index contributed by atoms with van der Waals surface area (Å²) in [6, 6.07) is 3.76. The number of pyridine rings is 1. The molecule has 0 aromatic carbocycles. The third-order valence-corrected chi connectivity index (χ3v) is 3.83. The number of anilines is 2. The lowest BCUT2D eigenvalue weighted by molar-refractivity contribution is -0.117. The van der Waals surface area contributed by atoms with Gasteiger partial charge < -0.3 is 15.5 Å². The molecule has 2 saturated heterocycles. The van der Waals surface area contributed by atoms with Crippen LogP contribution in [0.2, 0.25) is 0 Å². The molecular formula is C14H20N4O. The summed E-state index contributed by atoms with van der Waals surface area (Å²) < 4.78 is 0. The summed E-state index contributed by atoms with van der Waals surface area (Å²) in [6.07, 6.45) is 6.19. The molecule has 1 amide bonds. The predicted octanol–water partition coefficient (Wildman–Crippen LogP) is 1.37. The fourth-order valence-corrected chi connectivity index (χ4v) is 2.80. The molecule has 1 atom stereocenters. The molecule has 3 heterocycles. The molecule has 5 nitrogen and oxygen atoms in total. The predicted molar refractivity (Wildman–Crippen MR) is 75.3 cm³/mol. The Morgan fingerprint density at radius 3 is 2.95 bits per heavy atom. The smallest absolute Gasteiger partial charge is 0.241 e. The second kappa shape index (κ2) is 5.57. The molecular weight excluding hydrogens is 240 g/mol. The van der Waals surface area contributed by atoms with Gasteiger partial charge in [0.05, 0.1) is 11.7 Å². The van der Waals surface area contributed by atoms with Crippen LogP contribution in [-0.4, -0.2) is 36.6 Å². The van der Waals surface area contributed by atoms with Crippen molar-refractivity contribution in [1.82, 2.24) is 10.3 Å². The number of nitrogens with zero attached hydrogens (tertiary/aromatic N) is 2. The third kappa shape index (κ3) is 2.71. The van der Waals surface area contributed by atoms with Crippen molar-refractivity contribution in [3.63, 3.8) is 0 Å². The van der Waals surface area contributed by atoms with Gasteiger partial charge in [-0.2, -0.15) is 0 Å². The Balaban J connectivity index is 1.74. The normalized spacial score (nSPS) is 22.7. The Morgan fingerprint density at radius 1 is 1.37 bits per heavy atom. The highest BCUT2D eigenvalue weighted by molar-refractivity contribution is 5.97. The van der Waals surface area contributed by atoms with Crippen molar-refractivity contribution in [2.75, 3.05) is 29.9 Å². The first-order valence-corrected chi connectivity index (χ1v) is 7.09. The van der Waals surface area contributed by atoms with E-state index in [1.54, 1.807) is 6.20 Å². The molecule has 2 aliphatic heterocycles. The van der Waals surface area contributed by atoms with Crippen molar-refractivity contribution in [3.05, 3.63) is 18.3 Å². The van der Waals surface area contributed by atoms with E-state index in [4.69, 9.17) is 0 Å². The van der Waals surface area contributed by atoms with Gasteiger partial charge in [0, 0.05) is 19.3 Å². The van der Waals surface area contributed by atoms with Crippen LogP contribution in [0.25, 0.3) is 0 Å². The molecule has 0 aliphatic carbocycles. The number of aromatic nitrogens is 1.